The Balaban J connectivity index is 1.45. The summed E-state index contributed by atoms with van der Waals surface area (Å²) in [6, 6.07) is 16.2. The smallest absolute Gasteiger partial charge is 0.224 e. The minimum absolute atomic E-state index is 0.00808. The molecule has 0 atom stereocenters. The van der Waals surface area contributed by atoms with E-state index in [1.54, 1.807) is 18.3 Å². The van der Waals surface area contributed by atoms with Crippen LogP contribution in [0, 0.1) is 19.7 Å². The summed E-state index contributed by atoms with van der Waals surface area (Å²) in [6.07, 6.45) is 3.47. The first-order valence-electron chi connectivity index (χ1n) is 10.4. The summed E-state index contributed by atoms with van der Waals surface area (Å²) in [5.74, 6) is 0.607. The van der Waals surface area contributed by atoms with Gasteiger partial charge < -0.3 is 9.88 Å². The topological polar surface area (TPSA) is 59.8 Å². The van der Waals surface area contributed by atoms with Crippen LogP contribution in [-0.4, -0.2) is 20.4 Å². The standard InChI is InChI=1S/C25H25FN4O/c1-17-8-13-21(18(2)15-17)29-24(31)7-3-6-23-28-22-5-4-14-27-25(22)30(23)16-19-9-11-20(26)12-10-19/h4-5,8-15H,3,6-7,16H2,1-2H3,(H,29,31). The molecule has 0 aliphatic rings. The Morgan fingerprint density at radius 2 is 1.90 bits per heavy atom. The van der Waals surface area contributed by atoms with Crippen molar-refractivity contribution >= 4 is 22.8 Å². The van der Waals surface area contributed by atoms with Gasteiger partial charge in [-0.3, -0.25) is 4.79 Å². The Hall–Kier alpha value is -3.54. The van der Waals surface area contributed by atoms with Crippen molar-refractivity contribution < 1.29 is 9.18 Å². The average molecular weight is 417 g/mol. The molecule has 4 rings (SSSR count). The molecule has 1 amide bonds. The Bertz CT molecular complexity index is 1210. The summed E-state index contributed by atoms with van der Waals surface area (Å²) in [5.41, 5.74) is 5.66. The van der Waals surface area contributed by atoms with Gasteiger partial charge in [0, 0.05) is 24.7 Å². The Morgan fingerprint density at radius 3 is 2.68 bits per heavy atom. The van der Waals surface area contributed by atoms with Crippen LogP contribution in [0.25, 0.3) is 11.2 Å². The maximum absolute atomic E-state index is 13.3. The third kappa shape index (κ3) is 4.97. The number of carbonyl (C=O) groups is 1. The highest BCUT2D eigenvalue weighted by Crippen LogP contribution is 2.19. The number of nitrogens with one attached hydrogen (secondary N) is 1. The highest BCUT2D eigenvalue weighted by atomic mass is 19.1. The van der Waals surface area contributed by atoms with Crippen molar-refractivity contribution in [2.24, 2.45) is 0 Å². The molecule has 0 aliphatic heterocycles. The summed E-state index contributed by atoms with van der Waals surface area (Å²) in [5, 5.41) is 3.00. The van der Waals surface area contributed by atoms with Crippen LogP contribution in [0.15, 0.2) is 60.8 Å². The number of hydrogen-bond acceptors (Lipinski definition) is 3. The molecule has 6 heteroatoms. The van der Waals surface area contributed by atoms with E-state index in [0.717, 1.165) is 33.8 Å². The maximum Gasteiger partial charge on any atom is 0.224 e. The Kier molecular flexibility index (Phi) is 6.07. The highest BCUT2D eigenvalue weighted by Gasteiger charge is 2.13. The first-order chi connectivity index (χ1) is 15.0. The average Bonchev–Trinajstić information content (AvgIpc) is 3.09. The van der Waals surface area contributed by atoms with E-state index in [-0.39, 0.29) is 11.7 Å². The molecule has 0 bridgehead atoms. The molecule has 4 aromatic rings. The van der Waals surface area contributed by atoms with E-state index >= 15 is 0 Å². The van der Waals surface area contributed by atoms with E-state index in [9.17, 15) is 9.18 Å². The zero-order valence-electron chi connectivity index (χ0n) is 17.7. The maximum atomic E-state index is 13.3. The van der Waals surface area contributed by atoms with Crippen LogP contribution in [-0.2, 0) is 17.8 Å². The minimum Gasteiger partial charge on any atom is -0.326 e. The molecule has 0 spiro atoms. The molecule has 158 valence electrons. The van der Waals surface area contributed by atoms with Crippen molar-refractivity contribution in [1.82, 2.24) is 14.5 Å². The molecule has 2 aromatic heterocycles. The Labute approximate surface area is 181 Å². The normalized spacial score (nSPS) is 11.1. The molecule has 2 aromatic carbocycles. The first-order valence-corrected chi connectivity index (χ1v) is 10.4. The molecule has 1 N–H and O–H groups in total. The number of rotatable bonds is 7. The molecule has 2 heterocycles. The molecular formula is C25H25FN4O. The fourth-order valence-electron chi connectivity index (χ4n) is 3.71. The predicted molar refractivity (Wildman–Crippen MR) is 121 cm³/mol. The summed E-state index contributed by atoms with van der Waals surface area (Å²) < 4.78 is 15.3. The third-order valence-electron chi connectivity index (χ3n) is 5.30. The molecule has 0 radical (unpaired) electrons. The number of amides is 1. The lowest BCUT2D eigenvalue weighted by Gasteiger charge is -2.10. The van der Waals surface area contributed by atoms with Crippen molar-refractivity contribution in [3.05, 3.63) is 89.1 Å². The Morgan fingerprint density at radius 1 is 1.10 bits per heavy atom. The summed E-state index contributed by atoms with van der Waals surface area (Å²) >= 11 is 0. The SMILES string of the molecule is Cc1ccc(NC(=O)CCCc2nc3cccnc3n2Cc2ccc(F)cc2)c(C)c1. The second-order valence-corrected chi connectivity index (χ2v) is 7.81. The number of aromatic nitrogens is 3. The van der Waals surface area contributed by atoms with Crippen molar-refractivity contribution in [2.45, 2.75) is 39.7 Å². The van der Waals surface area contributed by atoms with E-state index in [1.165, 1.54) is 17.7 Å². The molecular weight excluding hydrogens is 391 g/mol. The van der Waals surface area contributed by atoms with E-state index < -0.39 is 0 Å². The van der Waals surface area contributed by atoms with Gasteiger partial charge in [-0.1, -0.05) is 29.8 Å². The van der Waals surface area contributed by atoms with Crippen molar-refractivity contribution in [3.63, 3.8) is 0 Å². The van der Waals surface area contributed by atoms with Gasteiger partial charge in [0.05, 0.1) is 6.54 Å². The van der Waals surface area contributed by atoms with Gasteiger partial charge in [0.15, 0.2) is 5.65 Å². The van der Waals surface area contributed by atoms with E-state index in [0.29, 0.717) is 25.8 Å². The number of hydrogen-bond donors (Lipinski definition) is 1. The second-order valence-electron chi connectivity index (χ2n) is 7.81. The number of carbonyl (C=O) groups excluding carboxylic acids is 1. The number of aryl methyl sites for hydroxylation is 3. The summed E-state index contributed by atoms with van der Waals surface area (Å²) in [7, 11) is 0. The molecule has 0 aliphatic carbocycles. The van der Waals surface area contributed by atoms with Gasteiger partial charge in [-0.25, -0.2) is 14.4 Å². The molecule has 0 saturated heterocycles. The third-order valence-corrected chi connectivity index (χ3v) is 5.30. The largest absolute Gasteiger partial charge is 0.326 e. The number of halogens is 1. The molecule has 5 nitrogen and oxygen atoms in total. The van der Waals surface area contributed by atoms with Crippen LogP contribution in [0.5, 0.6) is 0 Å². The predicted octanol–water partition coefficient (Wildman–Crippen LogP) is 5.20. The monoisotopic (exact) mass is 416 g/mol. The number of fused-ring (bicyclic) bond motifs is 1. The molecule has 31 heavy (non-hydrogen) atoms. The van der Waals surface area contributed by atoms with Gasteiger partial charge in [0.2, 0.25) is 5.91 Å². The van der Waals surface area contributed by atoms with Crippen LogP contribution in [0.1, 0.15) is 35.4 Å². The van der Waals surface area contributed by atoms with Gasteiger partial charge in [-0.2, -0.15) is 0 Å². The number of benzene rings is 2. The van der Waals surface area contributed by atoms with E-state index in [1.807, 2.05) is 42.7 Å². The lowest BCUT2D eigenvalue weighted by molar-refractivity contribution is -0.116. The first kappa shape index (κ1) is 20.7. The van der Waals surface area contributed by atoms with Crippen LogP contribution >= 0.6 is 0 Å². The fourth-order valence-corrected chi connectivity index (χ4v) is 3.71. The van der Waals surface area contributed by atoms with E-state index in [2.05, 4.69) is 16.4 Å². The van der Waals surface area contributed by atoms with Gasteiger partial charge in [-0.05, 0) is 61.7 Å². The zero-order valence-corrected chi connectivity index (χ0v) is 17.7. The number of nitrogens with zero attached hydrogens (tertiary/aromatic N) is 3. The lowest BCUT2D eigenvalue weighted by Crippen LogP contribution is -2.13. The van der Waals surface area contributed by atoms with Gasteiger partial charge in [0.1, 0.15) is 17.2 Å². The fraction of sp³-hybridized carbons (Fsp3) is 0.240. The second kappa shape index (κ2) is 9.08. The summed E-state index contributed by atoms with van der Waals surface area (Å²) in [4.78, 5) is 21.6. The highest BCUT2D eigenvalue weighted by molar-refractivity contribution is 5.91. The van der Waals surface area contributed by atoms with Crippen LogP contribution in [0.2, 0.25) is 0 Å². The quantitative estimate of drug-likeness (QED) is 0.451. The lowest BCUT2D eigenvalue weighted by atomic mass is 10.1. The minimum atomic E-state index is -0.257. The number of imidazole rings is 1. The van der Waals surface area contributed by atoms with Crippen molar-refractivity contribution in [1.29, 1.82) is 0 Å². The van der Waals surface area contributed by atoms with Crippen molar-refractivity contribution in [3.8, 4) is 0 Å². The van der Waals surface area contributed by atoms with Gasteiger partial charge >= 0.3 is 0 Å². The van der Waals surface area contributed by atoms with Crippen LogP contribution in [0.3, 0.4) is 0 Å². The van der Waals surface area contributed by atoms with Crippen molar-refractivity contribution in [2.75, 3.05) is 5.32 Å². The molecule has 0 unspecified atom stereocenters. The van der Waals surface area contributed by atoms with Crippen LogP contribution < -0.4 is 5.32 Å². The van der Waals surface area contributed by atoms with E-state index in [4.69, 9.17) is 4.98 Å². The molecule has 0 fully saturated rings. The van der Waals surface area contributed by atoms with Gasteiger partial charge in [0.25, 0.3) is 0 Å². The van der Waals surface area contributed by atoms with Gasteiger partial charge in [-0.15, -0.1) is 0 Å². The number of pyridine rings is 1. The zero-order chi connectivity index (χ0) is 21.8. The summed E-state index contributed by atoms with van der Waals surface area (Å²) in [6.45, 7) is 4.58. The molecule has 0 saturated carbocycles. The van der Waals surface area contributed by atoms with Crippen LogP contribution in [0.4, 0.5) is 10.1 Å². The number of anilines is 1.